The van der Waals surface area contributed by atoms with E-state index in [0.717, 1.165) is 16.8 Å². The van der Waals surface area contributed by atoms with Crippen molar-refractivity contribution >= 4 is 21.4 Å². The Morgan fingerprint density at radius 2 is 1.95 bits per heavy atom. The van der Waals surface area contributed by atoms with E-state index in [1.807, 2.05) is 19.1 Å². The van der Waals surface area contributed by atoms with Gasteiger partial charge in [0.15, 0.2) is 0 Å². The van der Waals surface area contributed by atoms with E-state index in [4.69, 9.17) is 0 Å². The molecule has 3 rings (SSSR count). The Bertz CT molecular complexity index is 914. The molecule has 0 fully saturated rings. The number of anilines is 1. The van der Waals surface area contributed by atoms with Gasteiger partial charge in [-0.05, 0) is 43.2 Å². The minimum absolute atomic E-state index is 0.299. The maximum atomic E-state index is 12.5. The molecule has 0 saturated heterocycles. The van der Waals surface area contributed by atoms with Gasteiger partial charge in [0, 0.05) is 18.6 Å². The predicted molar refractivity (Wildman–Crippen MR) is 81.9 cm³/mol. The van der Waals surface area contributed by atoms with Gasteiger partial charge >= 0.3 is 0 Å². The number of aromatic nitrogens is 2. The van der Waals surface area contributed by atoms with E-state index in [9.17, 15) is 8.42 Å². The molecule has 21 heavy (non-hydrogen) atoms. The summed E-state index contributed by atoms with van der Waals surface area (Å²) >= 11 is 0. The third kappa shape index (κ3) is 2.62. The van der Waals surface area contributed by atoms with Crippen LogP contribution in [0.4, 0.5) is 5.69 Å². The zero-order chi connectivity index (χ0) is 15.0. The second-order valence-corrected chi connectivity index (χ2v) is 6.64. The van der Waals surface area contributed by atoms with Gasteiger partial charge in [0.25, 0.3) is 10.0 Å². The number of rotatable bonds is 3. The monoisotopic (exact) mass is 301 g/mol. The van der Waals surface area contributed by atoms with Crippen LogP contribution in [0.2, 0.25) is 0 Å². The summed E-state index contributed by atoms with van der Waals surface area (Å²) in [6, 6.07) is 8.84. The van der Waals surface area contributed by atoms with Gasteiger partial charge in [-0.1, -0.05) is 12.1 Å². The second-order valence-electron chi connectivity index (χ2n) is 4.98. The van der Waals surface area contributed by atoms with Crippen LogP contribution in [-0.2, 0) is 10.0 Å². The van der Waals surface area contributed by atoms with Crippen LogP contribution in [0.5, 0.6) is 0 Å². The van der Waals surface area contributed by atoms with E-state index < -0.39 is 10.0 Å². The molecule has 0 radical (unpaired) electrons. The predicted octanol–water partition coefficient (Wildman–Crippen LogP) is 2.75. The molecule has 2 aromatic heterocycles. The highest BCUT2D eigenvalue weighted by Gasteiger charge is 2.17. The number of nitrogens with one attached hydrogen (secondary N) is 1. The van der Waals surface area contributed by atoms with Crippen LogP contribution in [0, 0.1) is 13.8 Å². The number of pyridine rings is 1. The van der Waals surface area contributed by atoms with Gasteiger partial charge in [-0.2, -0.15) is 0 Å². The van der Waals surface area contributed by atoms with Crippen molar-refractivity contribution in [2.24, 2.45) is 0 Å². The number of hydrogen-bond acceptors (Lipinski definition) is 3. The van der Waals surface area contributed by atoms with E-state index >= 15 is 0 Å². The lowest BCUT2D eigenvalue weighted by molar-refractivity contribution is 0.600. The molecule has 1 aromatic carbocycles. The molecule has 0 aliphatic carbocycles. The number of hydrogen-bond donors (Lipinski definition) is 1. The van der Waals surface area contributed by atoms with Crippen LogP contribution >= 0.6 is 0 Å². The van der Waals surface area contributed by atoms with E-state index in [1.165, 1.54) is 0 Å². The first kappa shape index (κ1) is 13.6. The highest BCUT2D eigenvalue weighted by atomic mass is 32.2. The van der Waals surface area contributed by atoms with E-state index in [2.05, 4.69) is 9.71 Å². The van der Waals surface area contributed by atoms with Gasteiger partial charge in [-0.3, -0.25) is 4.72 Å². The SMILES string of the molecule is Cc1ccc(C)c(S(=O)(=O)Nc2ccc3nccn3c2)c1. The molecule has 6 heteroatoms. The number of fused-ring (bicyclic) bond motifs is 1. The second kappa shape index (κ2) is 4.89. The molecule has 5 nitrogen and oxygen atoms in total. The number of benzene rings is 1. The Morgan fingerprint density at radius 1 is 1.14 bits per heavy atom. The van der Waals surface area contributed by atoms with Gasteiger partial charge in [0.2, 0.25) is 0 Å². The zero-order valence-electron chi connectivity index (χ0n) is 11.7. The maximum absolute atomic E-state index is 12.5. The Hall–Kier alpha value is -2.34. The summed E-state index contributed by atoms with van der Waals surface area (Å²) in [4.78, 5) is 4.43. The van der Waals surface area contributed by atoms with Gasteiger partial charge in [0.05, 0.1) is 10.6 Å². The Labute approximate surface area is 123 Å². The van der Waals surface area contributed by atoms with Crippen LogP contribution in [-0.4, -0.2) is 17.8 Å². The minimum Gasteiger partial charge on any atom is -0.305 e. The third-order valence-corrected chi connectivity index (χ3v) is 4.80. The van der Waals surface area contributed by atoms with E-state index in [1.54, 1.807) is 48.1 Å². The van der Waals surface area contributed by atoms with Gasteiger partial charge in [-0.25, -0.2) is 13.4 Å². The van der Waals surface area contributed by atoms with Crippen LogP contribution in [0.15, 0.2) is 53.8 Å². The van der Waals surface area contributed by atoms with Crippen molar-refractivity contribution < 1.29 is 8.42 Å². The number of imidazole rings is 1. The number of nitrogens with zero attached hydrogens (tertiary/aromatic N) is 2. The number of sulfonamides is 1. The first-order chi connectivity index (χ1) is 9.95. The summed E-state index contributed by atoms with van der Waals surface area (Å²) in [7, 11) is -3.60. The van der Waals surface area contributed by atoms with Crippen LogP contribution in [0.25, 0.3) is 5.65 Å². The number of aryl methyl sites for hydroxylation is 2. The molecule has 1 N–H and O–H groups in total. The zero-order valence-corrected chi connectivity index (χ0v) is 12.6. The standard InChI is InChI=1S/C15H15N3O2S/c1-11-3-4-12(2)14(9-11)21(19,20)17-13-5-6-15-16-7-8-18(15)10-13/h3-10,17H,1-2H3. The fourth-order valence-electron chi connectivity index (χ4n) is 2.19. The van der Waals surface area contributed by atoms with E-state index in [0.29, 0.717) is 10.6 Å². The highest BCUT2D eigenvalue weighted by molar-refractivity contribution is 7.92. The molecular formula is C15H15N3O2S. The van der Waals surface area contributed by atoms with Crippen molar-refractivity contribution in [2.45, 2.75) is 18.7 Å². The molecule has 0 atom stereocenters. The molecule has 0 bridgehead atoms. The van der Waals surface area contributed by atoms with Crippen molar-refractivity contribution in [1.29, 1.82) is 0 Å². The molecule has 0 saturated carbocycles. The van der Waals surface area contributed by atoms with Gasteiger partial charge in [0.1, 0.15) is 5.65 Å². The van der Waals surface area contributed by atoms with Crippen molar-refractivity contribution in [3.8, 4) is 0 Å². The third-order valence-electron chi connectivity index (χ3n) is 3.27. The van der Waals surface area contributed by atoms with Gasteiger partial charge in [-0.15, -0.1) is 0 Å². The molecule has 3 aromatic rings. The lowest BCUT2D eigenvalue weighted by Crippen LogP contribution is -2.14. The van der Waals surface area contributed by atoms with Crippen molar-refractivity contribution in [2.75, 3.05) is 4.72 Å². The van der Waals surface area contributed by atoms with Crippen LogP contribution in [0.1, 0.15) is 11.1 Å². The molecule has 108 valence electrons. The quantitative estimate of drug-likeness (QED) is 0.809. The smallest absolute Gasteiger partial charge is 0.262 e. The maximum Gasteiger partial charge on any atom is 0.262 e. The highest BCUT2D eigenvalue weighted by Crippen LogP contribution is 2.20. The summed E-state index contributed by atoms with van der Waals surface area (Å²) in [5.74, 6) is 0. The molecule has 0 unspecified atom stereocenters. The topological polar surface area (TPSA) is 63.5 Å². The Morgan fingerprint density at radius 3 is 2.76 bits per heavy atom. The fourth-order valence-corrected chi connectivity index (χ4v) is 3.56. The van der Waals surface area contributed by atoms with Crippen LogP contribution < -0.4 is 4.72 Å². The van der Waals surface area contributed by atoms with Crippen LogP contribution in [0.3, 0.4) is 0 Å². The first-order valence-electron chi connectivity index (χ1n) is 6.48. The first-order valence-corrected chi connectivity index (χ1v) is 7.97. The summed E-state index contributed by atoms with van der Waals surface area (Å²) in [6.07, 6.45) is 5.13. The van der Waals surface area contributed by atoms with Gasteiger partial charge < -0.3 is 4.40 Å². The Balaban J connectivity index is 2.00. The average molecular weight is 301 g/mol. The molecule has 0 aliphatic heterocycles. The fraction of sp³-hybridized carbons (Fsp3) is 0.133. The van der Waals surface area contributed by atoms with Crippen molar-refractivity contribution in [3.05, 3.63) is 60.0 Å². The summed E-state index contributed by atoms with van der Waals surface area (Å²) in [5, 5.41) is 0. The molecule has 0 amide bonds. The largest absolute Gasteiger partial charge is 0.305 e. The molecule has 0 spiro atoms. The average Bonchev–Trinajstić information content (AvgIpc) is 2.88. The molecule has 0 aliphatic rings. The molecule has 2 heterocycles. The summed E-state index contributed by atoms with van der Waals surface area (Å²) in [6.45, 7) is 3.66. The summed E-state index contributed by atoms with van der Waals surface area (Å²) in [5.41, 5.74) is 2.90. The van der Waals surface area contributed by atoms with E-state index in [-0.39, 0.29) is 0 Å². The molecular weight excluding hydrogens is 286 g/mol. The van der Waals surface area contributed by atoms with Crippen molar-refractivity contribution in [1.82, 2.24) is 9.38 Å². The normalized spacial score (nSPS) is 11.7. The van der Waals surface area contributed by atoms with Crippen molar-refractivity contribution in [3.63, 3.8) is 0 Å². The lowest BCUT2D eigenvalue weighted by Gasteiger charge is -2.11. The Kier molecular flexibility index (Phi) is 3.17. The summed E-state index contributed by atoms with van der Waals surface area (Å²) < 4.78 is 29.4. The minimum atomic E-state index is -3.60. The lowest BCUT2D eigenvalue weighted by atomic mass is 10.2.